The molecule has 0 unspecified atom stereocenters. The maximum atomic E-state index is 12.5. The highest BCUT2D eigenvalue weighted by Gasteiger charge is 2.26. The molecular formula is C7H11F2N3O2. The second-order valence-electron chi connectivity index (χ2n) is 2.85. The normalized spacial score (nSPS) is 12.0. The van der Waals surface area contributed by atoms with Crippen LogP contribution in [0.15, 0.2) is 4.52 Å². The third kappa shape index (κ3) is 3.35. The van der Waals surface area contributed by atoms with E-state index in [2.05, 4.69) is 20.0 Å². The number of nitrogens with one attached hydrogen (secondary N) is 1. The number of alkyl halides is 2. The molecule has 0 bridgehead atoms. The second-order valence-corrected chi connectivity index (χ2v) is 2.85. The minimum atomic E-state index is -3.11. The number of hydrogen-bond acceptors (Lipinski definition) is 5. The average molecular weight is 207 g/mol. The zero-order chi connectivity index (χ0) is 10.6. The molecule has 1 aromatic rings. The number of rotatable bonds is 5. The molecule has 1 aromatic heterocycles. The number of aliphatic hydroxyl groups excluding tert-OH is 1. The molecular weight excluding hydrogens is 196 g/mol. The van der Waals surface area contributed by atoms with Gasteiger partial charge in [-0.3, -0.25) is 0 Å². The number of aliphatic hydroxyl groups is 1. The van der Waals surface area contributed by atoms with Crippen molar-refractivity contribution < 1.29 is 18.4 Å². The fourth-order valence-corrected chi connectivity index (χ4v) is 0.826. The van der Waals surface area contributed by atoms with Gasteiger partial charge in [0.25, 0.3) is 5.92 Å². The second kappa shape index (κ2) is 4.43. The Kier molecular flexibility index (Phi) is 3.48. The lowest BCUT2D eigenvalue weighted by atomic mass is 10.3. The Morgan fingerprint density at radius 1 is 1.57 bits per heavy atom. The molecule has 0 saturated carbocycles. The summed E-state index contributed by atoms with van der Waals surface area (Å²) in [5.74, 6) is -2.41. The summed E-state index contributed by atoms with van der Waals surface area (Å²) in [7, 11) is 0. The molecule has 0 fully saturated rings. The molecule has 0 aliphatic carbocycles. The summed E-state index contributed by atoms with van der Waals surface area (Å²) in [6.45, 7) is -0.0892. The van der Waals surface area contributed by atoms with E-state index in [9.17, 15) is 8.78 Å². The van der Waals surface area contributed by atoms with Crippen LogP contribution in [0.25, 0.3) is 0 Å². The van der Waals surface area contributed by atoms with Gasteiger partial charge in [0.15, 0.2) is 5.82 Å². The van der Waals surface area contributed by atoms with Crippen molar-refractivity contribution in [3.05, 3.63) is 11.7 Å². The SMILES string of the molecule is Cc1nc(CNCC(F)(F)CO)no1. The third-order valence-corrected chi connectivity index (χ3v) is 1.47. The molecule has 0 spiro atoms. The highest BCUT2D eigenvalue weighted by Crippen LogP contribution is 2.09. The summed E-state index contributed by atoms with van der Waals surface area (Å²) in [5.41, 5.74) is 0. The monoisotopic (exact) mass is 207 g/mol. The van der Waals surface area contributed by atoms with E-state index >= 15 is 0 Å². The molecule has 14 heavy (non-hydrogen) atoms. The smallest absolute Gasteiger partial charge is 0.282 e. The number of nitrogens with zero attached hydrogens (tertiary/aromatic N) is 2. The first kappa shape index (κ1) is 11.0. The van der Waals surface area contributed by atoms with Crippen LogP contribution in [0.1, 0.15) is 11.7 Å². The molecule has 0 aliphatic rings. The Morgan fingerprint density at radius 2 is 2.29 bits per heavy atom. The number of hydrogen-bond donors (Lipinski definition) is 2. The predicted octanol–water partition coefficient (Wildman–Crippen LogP) is 0.0952. The van der Waals surface area contributed by atoms with Crippen LogP contribution < -0.4 is 5.32 Å². The fraction of sp³-hybridized carbons (Fsp3) is 0.714. The molecule has 0 aromatic carbocycles. The van der Waals surface area contributed by atoms with Crippen LogP contribution in [-0.2, 0) is 6.54 Å². The molecule has 0 amide bonds. The summed E-state index contributed by atoms with van der Waals surface area (Å²) in [6.07, 6.45) is 0. The highest BCUT2D eigenvalue weighted by molar-refractivity contribution is 4.83. The van der Waals surface area contributed by atoms with Crippen molar-refractivity contribution in [3.63, 3.8) is 0 Å². The van der Waals surface area contributed by atoms with Gasteiger partial charge in [0.1, 0.15) is 6.61 Å². The molecule has 1 rings (SSSR count). The van der Waals surface area contributed by atoms with Crippen molar-refractivity contribution in [1.29, 1.82) is 0 Å². The van der Waals surface area contributed by atoms with E-state index in [1.807, 2.05) is 0 Å². The van der Waals surface area contributed by atoms with E-state index in [1.165, 1.54) is 0 Å². The van der Waals surface area contributed by atoms with Gasteiger partial charge in [-0.15, -0.1) is 0 Å². The van der Waals surface area contributed by atoms with Gasteiger partial charge in [-0.1, -0.05) is 5.16 Å². The van der Waals surface area contributed by atoms with Gasteiger partial charge in [-0.05, 0) is 0 Å². The molecule has 80 valence electrons. The third-order valence-electron chi connectivity index (χ3n) is 1.47. The van der Waals surface area contributed by atoms with Crippen LogP contribution in [0.3, 0.4) is 0 Å². The van der Waals surface area contributed by atoms with Crippen molar-refractivity contribution in [2.45, 2.75) is 19.4 Å². The zero-order valence-electron chi connectivity index (χ0n) is 7.63. The Bertz CT molecular complexity index is 290. The van der Waals surface area contributed by atoms with E-state index < -0.39 is 19.1 Å². The van der Waals surface area contributed by atoms with E-state index in [1.54, 1.807) is 6.92 Å². The van der Waals surface area contributed by atoms with Crippen LogP contribution in [0.2, 0.25) is 0 Å². The minimum Gasteiger partial charge on any atom is -0.390 e. The molecule has 0 aliphatic heterocycles. The van der Waals surface area contributed by atoms with Crippen molar-refractivity contribution in [1.82, 2.24) is 15.5 Å². The van der Waals surface area contributed by atoms with Crippen LogP contribution in [-0.4, -0.2) is 34.3 Å². The molecule has 5 nitrogen and oxygen atoms in total. The Morgan fingerprint density at radius 3 is 2.79 bits per heavy atom. The van der Waals surface area contributed by atoms with Crippen LogP contribution in [0.4, 0.5) is 8.78 Å². The summed E-state index contributed by atoms with van der Waals surface area (Å²) in [5, 5.41) is 14.2. The van der Waals surface area contributed by atoms with Gasteiger partial charge in [0, 0.05) is 6.92 Å². The Labute approximate surface area is 79.1 Å². The first-order valence-electron chi connectivity index (χ1n) is 4.02. The van der Waals surface area contributed by atoms with Gasteiger partial charge >= 0.3 is 0 Å². The van der Waals surface area contributed by atoms with Crippen molar-refractivity contribution in [3.8, 4) is 0 Å². The molecule has 7 heteroatoms. The van der Waals surface area contributed by atoms with Crippen LogP contribution in [0.5, 0.6) is 0 Å². The molecule has 0 saturated heterocycles. The topological polar surface area (TPSA) is 71.2 Å². The summed E-state index contributed by atoms with van der Waals surface area (Å²) in [4.78, 5) is 3.81. The highest BCUT2D eigenvalue weighted by atomic mass is 19.3. The van der Waals surface area contributed by atoms with E-state index in [-0.39, 0.29) is 6.54 Å². The molecule has 0 atom stereocenters. The van der Waals surface area contributed by atoms with Gasteiger partial charge in [-0.25, -0.2) is 8.78 Å². The van der Waals surface area contributed by atoms with E-state index in [0.717, 1.165) is 0 Å². The first-order chi connectivity index (χ1) is 6.53. The number of aryl methyl sites for hydroxylation is 1. The van der Waals surface area contributed by atoms with Crippen molar-refractivity contribution >= 4 is 0 Å². The quantitative estimate of drug-likeness (QED) is 0.716. The maximum absolute atomic E-state index is 12.5. The largest absolute Gasteiger partial charge is 0.390 e. The summed E-state index contributed by atoms with van der Waals surface area (Å²) < 4.78 is 29.6. The van der Waals surface area contributed by atoms with Crippen molar-refractivity contribution in [2.75, 3.05) is 13.2 Å². The van der Waals surface area contributed by atoms with Crippen molar-refractivity contribution in [2.24, 2.45) is 0 Å². The zero-order valence-corrected chi connectivity index (χ0v) is 7.63. The lowest BCUT2D eigenvalue weighted by molar-refractivity contribution is -0.0478. The average Bonchev–Trinajstić information content (AvgIpc) is 2.51. The number of halogens is 2. The Balaban J connectivity index is 2.28. The van der Waals surface area contributed by atoms with Crippen LogP contribution in [0, 0.1) is 6.92 Å². The lowest BCUT2D eigenvalue weighted by Crippen LogP contribution is -2.35. The number of aromatic nitrogens is 2. The molecule has 0 radical (unpaired) electrons. The summed E-state index contributed by atoms with van der Waals surface area (Å²) in [6, 6.07) is 0. The Hall–Kier alpha value is -1.08. The van der Waals surface area contributed by atoms with E-state index in [0.29, 0.717) is 11.7 Å². The van der Waals surface area contributed by atoms with Gasteiger partial charge < -0.3 is 14.9 Å². The predicted molar refractivity (Wildman–Crippen MR) is 42.8 cm³/mol. The maximum Gasteiger partial charge on any atom is 0.282 e. The summed E-state index contributed by atoms with van der Waals surface area (Å²) >= 11 is 0. The standard InChI is InChI=1S/C7H11F2N3O2/c1-5-11-6(12-14-5)2-10-3-7(8,9)4-13/h10,13H,2-4H2,1H3. The fourth-order valence-electron chi connectivity index (χ4n) is 0.826. The molecule has 1 heterocycles. The van der Waals surface area contributed by atoms with Crippen LogP contribution >= 0.6 is 0 Å². The minimum absolute atomic E-state index is 0.0902. The van der Waals surface area contributed by atoms with Gasteiger partial charge in [0.2, 0.25) is 5.89 Å². The van der Waals surface area contributed by atoms with E-state index in [4.69, 9.17) is 5.11 Å². The van der Waals surface area contributed by atoms with Gasteiger partial charge in [-0.2, -0.15) is 4.98 Å². The van der Waals surface area contributed by atoms with Gasteiger partial charge in [0.05, 0.1) is 13.1 Å². The lowest BCUT2D eigenvalue weighted by Gasteiger charge is -2.12. The first-order valence-corrected chi connectivity index (χ1v) is 4.02. The molecule has 2 N–H and O–H groups in total.